The summed E-state index contributed by atoms with van der Waals surface area (Å²) in [7, 11) is 1.59. The van der Waals surface area contributed by atoms with Gasteiger partial charge in [-0.25, -0.2) is 8.78 Å². The Hall–Kier alpha value is -2.43. The molecule has 0 spiro atoms. The molecule has 2 aromatic carbocycles. The number of aryl methyl sites for hydroxylation is 2. The van der Waals surface area contributed by atoms with E-state index >= 15 is 0 Å². The van der Waals surface area contributed by atoms with Gasteiger partial charge in [-0.05, 0) is 55.3 Å². The Labute approximate surface area is 134 Å². The van der Waals surface area contributed by atoms with Crippen LogP contribution in [-0.2, 0) is 0 Å². The minimum absolute atomic E-state index is 0.109. The van der Waals surface area contributed by atoms with Crippen LogP contribution in [0.3, 0.4) is 0 Å². The van der Waals surface area contributed by atoms with Gasteiger partial charge >= 0.3 is 0 Å². The Morgan fingerprint density at radius 2 is 1.70 bits per heavy atom. The molecular weight excluding hydrogens is 300 g/mol. The van der Waals surface area contributed by atoms with Crippen molar-refractivity contribution in [2.24, 2.45) is 0 Å². The van der Waals surface area contributed by atoms with E-state index in [0.717, 1.165) is 29.0 Å². The topological polar surface area (TPSA) is 29.5 Å². The molecule has 0 saturated carbocycles. The highest BCUT2D eigenvalue weighted by Crippen LogP contribution is 2.16. The van der Waals surface area contributed by atoms with Gasteiger partial charge < -0.3 is 9.64 Å². The van der Waals surface area contributed by atoms with Crippen molar-refractivity contribution in [2.75, 3.05) is 20.2 Å². The van der Waals surface area contributed by atoms with E-state index < -0.39 is 11.6 Å². The molecule has 0 fully saturated rings. The van der Waals surface area contributed by atoms with Crippen LogP contribution < -0.4 is 4.74 Å². The van der Waals surface area contributed by atoms with E-state index in [4.69, 9.17) is 4.74 Å². The van der Waals surface area contributed by atoms with Crippen molar-refractivity contribution in [3.05, 3.63) is 64.7 Å². The predicted molar refractivity (Wildman–Crippen MR) is 84.7 cm³/mol. The van der Waals surface area contributed by atoms with E-state index in [1.54, 1.807) is 7.05 Å². The SMILES string of the molecule is Cc1cc(C)cc(OCCN(C)C(=O)c2ccc(F)c(F)c2)c1. The van der Waals surface area contributed by atoms with Crippen molar-refractivity contribution in [3.8, 4) is 5.75 Å². The fourth-order valence-corrected chi connectivity index (χ4v) is 2.27. The number of hydrogen-bond acceptors (Lipinski definition) is 2. The Morgan fingerprint density at radius 1 is 1.04 bits per heavy atom. The van der Waals surface area contributed by atoms with Gasteiger partial charge in [0.05, 0.1) is 6.54 Å². The highest BCUT2D eigenvalue weighted by Gasteiger charge is 2.14. The minimum atomic E-state index is -1.03. The third kappa shape index (κ3) is 4.52. The fourth-order valence-electron chi connectivity index (χ4n) is 2.27. The molecule has 0 saturated heterocycles. The summed E-state index contributed by atoms with van der Waals surface area (Å²) < 4.78 is 31.7. The average molecular weight is 319 g/mol. The lowest BCUT2D eigenvalue weighted by atomic mass is 10.1. The number of carbonyl (C=O) groups is 1. The van der Waals surface area contributed by atoms with E-state index in [2.05, 4.69) is 0 Å². The van der Waals surface area contributed by atoms with Gasteiger partial charge in [0, 0.05) is 12.6 Å². The molecule has 0 aliphatic rings. The maximum atomic E-state index is 13.2. The number of halogens is 2. The number of amides is 1. The summed E-state index contributed by atoms with van der Waals surface area (Å²) >= 11 is 0. The summed E-state index contributed by atoms with van der Waals surface area (Å²) in [5, 5.41) is 0. The molecule has 0 N–H and O–H groups in total. The number of likely N-dealkylation sites (N-methyl/N-ethyl adjacent to an activating group) is 1. The molecule has 0 radical (unpaired) electrons. The molecule has 0 aromatic heterocycles. The van der Waals surface area contributed by atoms with Gasteiger partial charge in [0.1, 0.15) is 12.4 Å². The van der Waals surface area contributed by atoms with E-state index in [-0.39, 0.29) is 11.5 Å². The van der Waals surface area contributed by atoms with Gasteiger partial charge in [0.2, 0.25) is 0 Å². The first-order valence-electron chi connectivity index (χ1n) is 7.28. The van der Waals surface area contributed by atoms with Crippen LogP contribution in [0.5, 0.6) is 5.75 Å². The van der Waals surface area contributed by atoms with E-state index in [1.165, 1.54) is 11.0 Å². The zero-order valence-electron chi connectivity index (χ0n) is 13.4. The molecular formula is C18H19F2NO2. The first-order valence-corrected chi connectivity index (χ1v) is 7.28. The molecule has 23 heavy (non-hydrogen) atoms. The van der Waals surface area contributed by atoms with Gasteiger partial charge in [-0.3, -0.25) is 4.79 Å². The van der Waals surface area contributed by atoms with Gasteiger partial charge in [-0.1, -0.05) is 6.07 Å². The molecule has 3 nitrogen and oxygen atoms in total. The maximum absolute atomic E-state index is 13.2. The molecule has 122 valence electrons. The molecule has 0 unspecified atom stereocenters. The van der Waals surface area contributed by atoms with Crippen LogP contribution in [0.25, 0.3) is 0 Å². The first-order chi connectivity index (χ1) is 10.9. The third-order valence-corrected chi connectivity index (χ3v) is 3.40. The lowest BCUT2D eigenvalue weighted by Gasteiger charge is -2.18. The second kappa shape index (κ2) is 7.22. The largest absolute Gasteiger partial charge is 0.492 e. The second-order valence-corrected chi connectivity index (χ2v) is 5.53. The van der Waals surface area contributed by atoms with E-state index in [9.17, 15) is 13.6 Å². The van der Waals surface area contributed by atoms with E-state index in [1.807, 2.05) is 32.0 Å². The molecule has 2 rings (SSSR count). The molecule has 2 aromatic rings. The van der Waals surface area contributed by atoms with Crippen LogP contribution >= 0.6 is 0 Å². The van der Waals surface area contributed by atoms with Gasteiger partial charge in [-0.2, -0.15) is 0 Å². The lowest BCUT2D eigenvalue weighted by molar-refractivity contribution is 0.0773. The first kappa shape index (κ1) is 16.9. The van der Waals surface area contributed by atoms with Gasteiger partial charge in [-0.15, -0.1) is 0 Å². The van der Waals surface area contributed by atoms with Crippen molar-refractivity contribution >= 4 is 5.91 Å². The summed E-state index contributed by atoms with van der Waals surface area (Å²) in [6, 6.07) is 9.00. The zero-order chi connectivity index (χ0) is 17.0. The van der Waals surface area contributed by atoms with Gasteiger partial charge in [0.25, 0.3) is 5.91 Å². The van der Waals surface area contributed by atoms with Crippen LogP contribution in [0.4, 0.5) is 8.78 Å². The van der Waals surface area contributed by atoms with Crippen LogP contribution in [-0.4, -0.2) is 31.0 Å². The monoisotopic (exact) mass is 319 g/mol. The second-order valence-electron chi connectivity index (χ2n) is 5.53. The quantitative estimate of drug-likeness (QED) is 0.840. The number of rotatable bonds is 5. The highest BCUT2D eigenvalue weighted by atomic mass is 19.2. The number of nitrogens with zero attached hydrogens (tertiary/aromatic N) is 1. The fraction of sp³-hybridized carbons (Fsp3) is 0.278. The summed E-state index contributed by atoms with van der Waals surface area (Å²) in [6.45, 7) is 4.62. The Bertz CT molecular complexity index is 696. The minimum Gasteiger partial charge on any atom is -0.492 e. The Kier molecular flexibility index (Phi) is 5.32. The van der Waals surface area contributed by atoms with Crippen LogP contribution in [0, 0.1) is 25.5 Å². The number of benzene rings is 2. The van der Waals surface area contributed by atoms with Crippen molar-refractivity contribution in [1.29, 1.82) is 0 Å². The zero-order valence-corrected chi connectivity index (χ0v) is 13.4. The average Bonchev–Trinajstić information content (AvgIpc) is 2.48. The maximum Gasteiger partial charge on any atom is 0.253 e. The van der Waals surface area contributed by atoms with E-state index in [0.29, 0.717) is 13.2 Å². The Morgan fingerprint density at radius 3 is 2.30 bits per heavy atom. The molecule has 0 aliphatic carbocycles. The third-order valence-electron chi connectivity index (χ3n) is 3.40. The summed E-state index contributed by atoms with van der Waals surface area (Å²) in [5.41, 5.74) is 2.32. The Balaban J connectivity index is 1.92. The lowest BCUT2D eigenvalue weighted by Crippen LogP contribution is -2.31. The summed E-state index contributed by atoms with van der Waals surface area (Å²) in [5.74, 6) is -1.64. The van der Waals surface area contributed by atoms with Crippen molar-refractivity contribution in [1.82, 2.24) is 4.90 Å². The van der Waals surface area contributed by atoms with Crippen molar-refractivity contribution in [3.63, 3.8) is 0 Å². The smallest absolute Gasteiger partial charge is 0.253 e. The number of hydrogen-bond donors (Lipinski definition) is 0. The normalized spacial score (nSPS) is 10.5. The highest BCUT2D eigenvalue weighted by molar-refractivity contribution is 5.94. The predicted octanol–water partition coefficient (Wildman–Crippen LogP) is 3.73. The number of ether oxygens (including phenoxy) is 1. The molecule has 0 atom stereocenters. The van der Waals surface area contributed by atoms with Crippen molar-refractivity contribution < 1.29 is 18.3 Å². The molecule has 5 heteroatoms. The molecule has 0 bridgehead atoms. The molecule has 0 aliphatic heterocycles. The number of carbonyl (C=O) groups excluding carboxylic acids is 1. The molecule has 0 heterocycles. The summed E-state index contributed by atoms with van der Waals surface area (Å²) in [4.78, 5) is 13.6. The van der Waals surface area contributed by atoms with Crippen LogP contribution in [0.2, 0.25) is 0 Å². The van der Waals surface area contributed by atoms with Crippen LogP contribution in [0.15, 0.2) is 36.4 Å². The van der Waals surface area contributed by atoms with Gasteiger partial charge in [0.15, 0.2) is 11.6 Å². The molecule has 1 amide bonds. The standard InChI is InChI=1S/C18H19F2NO2/c1-12-8-13(2)10-15(9-12)23-7-6-21(3)18(22)14-4-5-16(19)17(20)11-14/h4-5,8-11H,6-7H2,1-3H3. The van der Waals surface area contributed by atoms with Crippen molar-refractivity contribution in [2.45, 2.75) is 13.8 Å². The summed E-state index contributed by atoms with van der Waals surface area (Å²) in [6.07, 6.45) is 0. The van der Waals surface area contributed by atoms with Crippen LogP contribution in [0.1, 0.15) is 21.5 Å².